The third-order valence-corrected chi connectivity index (χ3v) is 7.94. The molecule has 2 aromatic carbocycles. The predicted molar refractivity (Wildman–Crippen MR) is 140 cm³/mol. The number of hydrogen-bond acceptors (Lipinski definition) is 5. The van der Waals surface area contributed by atoms with Crippen molar-refractivity contribution in [2.45, 2.75) is 32.9 Å². The molecule has 1 aliphatic rings. The normalized spacial score (nSPS) is 14.4. The molecule has 0 radical (unpaired) electrons. The number of aryl methyl sites for hydroxylation is 4. The van der Waals surface area contributed by atoms with E-state index in [4.69, 9.17) is 9.97 Å². The van der Waals surface area contributed by atoms with E-state index in [1.807, 2.05) is 18.2 Å². The van der Waals surface area contributed by atoms with Crippen LogP contribution in [-0.4, -0.2) is 47.0 Å². The summed E-state index contributed by atoms with van der Waals surface area (Å²) in [7, 11) is 0. The Morgan fingerprint density at radius 1 is 0.946 bits per heavy atom. The number of rotatable bonds is 5. The van der Waals surface area contributed by atoms with Crippen molar-refractivity contribution in [3.63, 3.8) is 0 Å². The second-order valence-electron chi connectivity index (χ2n) is 9.27. The number of fused-ring (bicyclic) bond motifs is 1. The van der Waals surface area contributed by atoms with Crippen LogP contribution in [0.4, 0.5) is 19.0 Å². The third kappa shape index (κ3) is 5.32. The standard InChI is InChI=1S/C28H27F3N4OS/c1-18-19(2)37-26-24(18)25(32-23(33-26)12-11-20-7-4-3-5-8-20)34-13-15-35(16-14-34)27(36)21-9-6-10-22(17-21)28(29,30)31/h3-10,17H,11-16H2,1-2H3. The highest BCUT2D eigenvalue weighted by Gasteiger charge is 2.32. The zero-order valence-electron chi connectivity index (χ0n) is 20.7. The summed E-state index contributed by atoms with van der Waals surface area (Å²) in [5.41, 5.74) is 1.63. The van der Waals surface area contributed by atoms with Gasteiger partial charge >= 0.3 is 6.18 Å². The van der Waals surface area contributed by atoms with Crippen LogP contribution in [0.3, 0.4) is 0 Å². The second kappa shape index (κ2) is 10.1. The van der Waals surface area contributed by atoms with E-state index < -0.39 is 11.7 Å². The fraction of sp³-hybridized carbons (Fsp3) is 0.321. The van der Waals surface area contributed by atoms with Crippen LogP contribution in [0.25, 0.3) is 10.2 Å². The van der Waals surface area contributed by atoms with Gasteiger partial charge in [0, 0.05) is 43.0 Å². The van der Waals surface area contributed by atoms with E-state index in [9.17, 15) is 18.0 Å². The van der Waals surface area contributed by atoms with Gasteiger partial charge in [-0.05, 0) is 49.6 Å². The number of thiophene rings is 1. The summed E-state index contributed by atoms with van der Waals surface area (Å²) in [6.07, 6.45) is -2.92. The van der Waals surface area contributed by atoms with Crippen LogP contribution in [0, 0.1) is 13.8 Å². The van der Waals surface area contributed by atoms with Gasteiger partial charge in [-0.1, -0.05) is 36.4 Å². The van der Waals surface area contributed by atoms with Gasteiger partial charge in [-0.2, -0.15) is 13.2 Å². The summed E-state index contributed by atoms with van der Waals surface area (Å²) in [5.74, 6) is 1.28. The topological polar surface area (TPSA) is 49.3 Å². The average Bonchev–Trinajstić information content (AvgIpc) is 3.20. The van der Waals surface area contributed by atoms with E-state index in [-0.39, 0.29) is 11.5 Å². The molecule has 0 unspecified atom stereocenters. The number of halogens is 3. The molecule has 0 N–H and O–H groups in total. The molecule has 1 saturated heterocycles. The molecule has 5 rings (SSSR count). The largest absolute Gasteiger partial charge is 0.416 e. The van der Waals surface area contributed by atoms with Crippen molar-refractivity contribution in [1.29, 1.82) is 0 Å². The first kappa shape index (κ1) is 25.2. The molecule has 1 amide bonds. The van der Waals surface area contributed by atoms with Gasteiger partial charge in [-0.25, -0.2) is 9.97 Å². The lowest BCUT2D eigenvalue weighted by Gasteiger charge is -2.36. The van der Waals surface area contributed by atoms with Gasteiger partial charge < -0.3 is 9.80 Å². The maximum Gasteiger partial charge on any atom is 0.416 e. The highest BCUT2D eigenvalue weighted by Crippen LogP contribution is 2.36. The Bertz CT molecular complexity index is 1430. The second-order valence-corrected chi connectivity index (χ2v) is 10.5. The molecule has 0 spiro atoms. The smallest absolute Gasteiger partial charge is 0.352 e. The predicted octanol–water partition coefficient (Wildman–Crippen LogP) is 6.07. The minimum atomic E-state index is -4.48. The molecule has 0 aliphatic carbocycles. The van der Waals surface area contributed by atoms with Crippen molar-refractivity contribution >= 4 is 33.3 Å². The molecule has 4 aromatic rings. The minimum absolute atomic E-state index is 0.0557. The number of nitrogens with zero attached hydrogens (tertiary/aromatic N) is 4. The van der Waals surface area contributed by atoms with Crippen molar-refractivity contribution in [2.24, 2.45) is 0 Å². The number of carbonyl (C=O) groups is 1. The number of piperazine rings is 1. The Morgan fingerprint density at radius 2 is 1.68 bits per heavy atom. The Morgan fingerprint density at radius 3 is 2.38 bits per heavy atom. The Labute approximate surface area is 217 Å². The summed E-state index contributed by atoms with van der Waals surface area (Å²) in [5, 5.41) is 1.05. The fourth-order valence-corrected chi connectivity index (χ4v) is 5.69. The number of hydrogen-bond donors (Lipinski definition) is 0. The summed E-state index contributed by atoms with van der Waals surface area (Å²) in [4.78, 5) is 28.8. The van der Waals surface area contributed by atoms with E-state index in [0.717, 1.165) is 52.4 Å². The Kier molecular flexibility index (Phi) is 6.90. The number of anilines is 1. The van der Waals surface area contributed by atoms with Crippen LogP contribution in [0.1, 0.15) is 37.7 Å². The number of carbonyl (C=O) groups excluding carboxylic acids is 1. The Balaban J connectivity index is 1.35. The van der Waals surface area contributed by atoms with Crippen LogP contribution in [0.15, 0.2) is 54.6 Å². The molecule has 1 aliphatic heterocycles. The lowest BCUT2D eigenvalue weighted by Crippen LogP contribution is -2.49. The molecule has 3 heterocycles. The summed E-state index contributed by atoms with van der Waals surface area (Å²) < 4.78 is 39.3. The van der Waals surface area contributed by atoms with E-state index in [1.54, 1.807) is 16.2 Å². The van der Waals surface area contributed by atoms with Crippen LogP contribution in [0.2, 0.25) is 0 Å². The van der Waals surface area contributed by atoms with Crippen molar-refractivity contribution < 1.29 is 18.0 Å². The lowest BCUT2D eigenvalue weighted by atomic mass is 10.1. The van der Waals surface area contributed by atoms with Gasteiger partial charge in [-0.15, -0.1) is 11.3 Å². The van der Waals surface area contributed by atoms with Crippen LogP contribution < -0.4 is 4.90 Å². The van der Waals surface area contributed by atoms with Gasteiger partial charge in [-0.3, -0.25) is 4.79 Å². The molecule has 9 heteroatoms. The number of amides is 1. The molecule has 192 valence electrons. The monoisotopic (exact) mass is 524 g/mol. The SMILES string of the molecule is Cc1sc2nc(CCc3ccccc3)nc(N3CCN(C(=O)c4cccc(C(F)(F)F)c4)CC3)c2c1C. The van der Waals surface area contributed by atoms with Gasteiger partial charge in [0.2, 0.25) is 0 Å². The van der Waals surface area contributed by atoms with E-state index in [0.29, 0.717) is 26.2 Å². The Hall–Kier alpha value is -3.46. The zero-order chi connectivity index (χ0) is 26.2. The van der Waals surface area contributed by atoms with Crippen molar-refractivity contribution in [3.05, 3.63) is 87.6 Å². The summed E-state index contributed by atoms with van der Waals surface area (Å²) in [6.45, 7) is 6.07. The van der Waals surface area contributed by atoms with Crippen LogP contribution in [-0.2, 0) is 19.0 Å². The van der Waals surface area contributed by atoms with E-state index in [2.05, 4.69) is 30.9 Å². The van der Waals surface area contributed by atoms with Crippen molar-refractivity contribution in [3.8, 4) is 0 Å². The van der Waals surface area contributed by atoms with E-state index >= 15 is 0 Å². The molecular weight excluding hydrogens is 497 g/mol. The third-order valence-electron chi connectivity index (χ3n) is 6.84. The van der Waals surface area contributed by atoms with Crippen LogP contribution >= 0.6 is 11.3 Å². The first-order valence-electron chi connectivity index (χ1n) is 12.2. The number of alkyl halides is 3. The summed E-state index contributed by atoms with van der Waals surface area (Å²) in [6, 6.07) is 14.9. The fourth-order valence-electron chi connectivity index (χ4n) is 4.65. The van der Waals surface area contributed by atoms with Crippen LogP contribution in [0.5, 0.6) is 0 Å². The molecule has 0 atom stereocenters. The molecule has 0 bridgehead atoms. The highest BCUT2D eigenvalue weighted by atomic mass is 32.1. The van der Waals surface area contributed by atoms with Gasteiger partial charge in [0.1, 0.15) is 16.5 Å². The highest BCUT2D eigenvalue weighted by molar-refractivity contribution is 7.18. The van der Waals surface area contributed by atoms with Gasteiger partial charge in [0.05, 0.1) is 10.9 Å². The van der Waals surface area contributed by atoms with Crippen molar-refractivity contribution in [2.75, 3.05) is 31.1 Å². The lowest BCUT2D eigenvalue weighted by molar-refractivity contribution is -0.137. The zero-order valence-corrected chi connectivity index (χ0v) is 21.5. The molecule has 1 fully saturated rings. The molecule has 2 aromatic heterocycles. The molecule has 37 heavy (non-hydrogen) atoms. The molecular formula is C28H27F3N4OS. The quantitative estimate of drug-likeness (QED) is 0.318. The minimum Gasteiger partial charge on any atom is -0.352 e. The van der Waals surface area contributed by atoms with E-state index in [1.165, 1.54) is 22.6 Å². The van der Waals surface area contributed by atoms with Gasteiger partial charge in [0.25, 0.3) is 5.91 Å². The maximum absolute atomic E-state index is 13.1. The number of aromatic nitrogens is 2. The van der Waals surface area contributed by atoms with Gasteiger partial charge in [0.15, 0.2) is 0 Å². The first-order chi connectivity index (χ1) is 17.7. The maximum atomic E-state index is 13.1. The average molecular weight is 525 g/mol. The van der Waals surface area contributed by atoms with Crippen molar-refractivity contribution in [1.82, 2.24) is 14.9 Å². The summed E-state index contributed by atoms with van der Waals surface area (Å²) >= 11 is 1.66. The first-order valence-corrected chi connectivity index (χ1v) is 13.0. The number of benzene rings is 2. The molecule has 0 saturated carbocycles. The molecule has 5 nitrogen and oxygen atoms in total.